The molecule has 0 spiro atoms. The summed E-state index contributed by atoms with van der Waals surface area (Å²) in [7, 11) is 0. The van der Waals surface area contributed by atoms with Gasteiger partial charge in [-0.1, -0.05) is 30.3 Å². The number of likely N-dealkylation sites (tertiary alicyclic amines) is 1. The summed E-state index contributed by atoms with van der Waals surface area (Å²) in [5.74, 6) is -1.55. The van der Waals surface area contributed by atoms with Crippen molar-refractivity contribution in [1.82, 2.24) is 4.90 Å². The summed E-state index contributed by atoms with van der Waals surface area (Å²) in [5, 5.41) is 9.52. The van der Waals surface area contributed by atoms with Crippen LogP contribution in [0.1, 0.15) is 38.7 Å². The van der Waals surface area contributed by atoms with Crippen molar-refractivity contribution in [3.05, 3.63) is 35.9 Å². The SMILES string of the molecule is CC(C)(C)OC(=O)N1CCC(c2ccccc2)[C@@H](C(=O)O)C1. The Bertz CT molecular complexity index is 535. The van der Waals surface area contributed by atoms with E-state index in [9.17, 15) is 14.7 Å². The number of hydrogen-bond donors (Lipinski definition) is 1. The summed E-state index contributed by atoms with van der Waals surface area (Å²) >= 11 is 0. The Morgan fingerprint density at radius 3 is 2.41 bits per heavy atom. The Morgan fingerprint density at radius 1 is 1.23 bits per heavy atom. The predicted octanol–water partition coefficient (Wildman–Crippen LogP) is 3.11. The van der Waals surface area contributed by atoms with Crippen LogP contribution in [0.15, 0.2) is 30.3 Å². The monoisotopic (exact) mass is 305 g/mol. The number of carbonyl (C=O) groups is 2. The number of benzene rings is 1. The first kappa shape index (κ1) is 16.3. The molecular weight excluding hydrogens is 282 g/mol. The summed E-state index contributed by atoms with van der Waals surface area (Å²) < 4.78 is 5.34. The van der Waals surface area contributed by atoms with Gasteiger partial charge in [0.25, 0.3) is 0 Å². The Morgan fingerprint density at radius 2 is 1.86 bits per heavy atom. The Labute approximate surface area is 130 Å². The molecule has 1 amide bonds. The van der Waals surface area contributed by atoms with Crippen molar-refractivity contribution in [1.29, 1.82) is 0 Å². The molecule has 2 rings (SSSR count). The zero-order valence-corrected chi connectivity index (χ0v) is 13.3. The first-order valence-corrected chi connectivity index (χ1v) is 7.53. The lowest BCUT2D eigenvalue weighted by atomic mass is 9.80. The molecule has 1 aliphatic rings. The number of piperidine rings is 1. The van der Waals surface area contributed by atoms with Crippen LogP contribution in [0.4, 0.5) is 4.79 Å². The van der Waals surface area contributed by atoms with Gasteiger partial charge >= 0.3 is 12.1 Å². The average molecular weight is 305 g/mol. The average Bonchev–Trinajstić information content (AvgIpc) is 2.45. The summed E-state index contributed by atoms with van der Waals surface area (Å²) in [5.41, 5.74) is 0.435. The van der Waals surface area contributed by atoms with Crippen LogP contribution < -0.4 is 0 Å². The van der Waals surface area contributed by atoms with Gasteiger partial charge in [-0.3, -0.25) is 4.79 Å². The molecule has 5 heteroatoms. The number of nitrogens with zero attached hydrogens (tertiary/aromatic N) is 1. The highest BCUT2D eigenvalue weighted by Crippen LogP contribution is 2.33. The molecule has 1 aliphatic heterocycles. The number of amides is 1. The van der Waals surface area contributed by atoms with Gasteiger partial charge in [-0.2, -0.15) is 0 Å². The molecule has 5 nitrogen and oxygen atoms in total. The molecule has 1 aromatic rings. The van der Waals surface area contributed by atoms with E-state index in [-0.39, 0.29) is 12.5 Å². The molecule has 22 heavy (non-hydrogen) atoms. The number of hydrogen-bond acceptors (Lipinski definition) is 3. The third kappa shape index (κ3) is 4.00. The molecule has 0 aromatic heterocycles. The fourth-order valence-electron chi connectivity index (χ4n) is 2.79. The minimum atomic E-state index is -0.873. The van der Waals surface area contributed by atoms with Crippen LogP contribution in [-0.2, 0) is 9.53 Å². The van der Waals surface area contributed by atoms with Crippen molar-refractivity contribution in [2.75, 3.05) is 13.1 Å². The standard InChI is InChI=1S/C17H23NO4/c1-17(2,3)22-16(21)18-10-9-13(14(11-18)15(19)20)12-7-5-4-6-8-12/h4-8,13-14H,9-11H2,1-3H3,(H,19,20)/t13?,14-/m0/s1. The fourth-order valence-corrected chi connectivity index (χ4v) is 2.79. The maximum absolute atomic E-state index is 12.1. The molecule has 120 valence electrons. The highest BCUT2D eigenvalue weighted by molar-refractivity contribution is 5.74. The van der Waals surface area contributed by atoms with E-state index in [0.29, 0.717) is 13.0 Å². The first-order chi connectivity index (χ1) is 10.3. The van der Waals surface area contributed by atoms with E-state index in [1.807, 2.05) is 30.3 Å². The van der Waals surface area contributed by atoms with Gasteiger partial charge in [0.05, 0.1) is 5.92 Å². The molecule has 1 unspecified atom stereocenters. The molecule has 1 heterocycles. The smallest absolute Gasteiger partial charge is 0.410 e. The minimum absolute atomic E-state index is 0.0719. The second-order valence-electron chi connectivity index (χ2n) is 6.68. The van der Waals surface area contributed by atoms with E-state index >= 15 is 0 Å². The summed E-state index contributed by atoms with van der Waals surface area (Å²) in [6.07, 6.45) is 0.186. The van der Waals surface area contributed by atoms with E-state index in [1.54, 1.807) is 20.8 Å². The van der Waals surface area contributed by atoms with Crippen LogP contribution >= 0.6 is 0 Å². The second-order valence-corrected chi connectivity index (χ2v) is 6.68. The zero-order chi connectivity index (χ0) is 16.3. The van der Waals surface area contributed by atoms with Gasteiger partial charge in [0.2, 0.25) is 0 Å². The maximum atomic E-state index is 12.1. The third-order valence-corrected chi connectivity index (χ3v) is 3.81. The number of aliphatic carboxylic acids is 1. The predicted molar refractivity (Wildman–Crippen MR) is 82.7 cm³/mol. The van der Waals surface area contributed by atoms with Gasteiger partial charge in [-0.05, 0) is 32.8 Å². The Balaban J connectivity index is 2.12. The lowest BCUT2D eigenvalue weighted by Gasteiger charge is -2.37. The lowest BCUT2D eigenvalue weighted by molar-refractivity contribution is -0.144. The van der Waals surface area contributed by atoms with Gasteiger partial charge in [-0.25, -0.2) is 4.79 Å². The van der Waals surface area contributed by atoms with Crippen LogP contribution in [0.2, 0.25) is 0 Å². The number of ether oxygens (including phenoxy) is 1. The number of carbonyl (C=O) groups excluding carboxylic acids is 1. The highest BCUT2D eigenvalue weighted by Gasteiger charge is 2.38. The lowest BCUT2D eigenvalue weighted by Crippen LogP contribution is -2.47. The van der Waals surface area contributed by atoms with Gasteiger partial charge in [0, 0.05) is 19.0 Å². The van der Waals surface area contributed by atoms with Gasteiger partial charge in [-0.15, -0.1) is 0 Å². The van der Waals surface area contributed by atoms with Crippen molar-refractivity contribution in [3.8, 4) is 0 Å². The third-order valence-electron chi connectivity index (χ3n) is 3.81. The van der Waals surface area contributed by atoms with E-state index in [1.165, 1.54) is 4.90 Å². The first-order valence-electron chi connectivity index (χ1n) is 7.53. The molecule has 0 radical (unpaired) electrons. The van der Waals surface area contributed by atoms with E-state index < -0.39 is 23.6 Å². The highest BCUT2D eigenvalue weighted by atomic mass is 16.6. The Hall–Kier alpha value is -2.04. The molecule has 0 aliphatic carbocycles. The van der Waals surface area contributed by atoms with E-state index in [4.69, 9.17) is 4.74 Å². The van der Waals surface area contributed by atoms with Crippen molar-refractivity contribution in [2.24, 2.45) is 5.92 Å². The summed E-state index contributed by atoms with van der Waals surface area (Å²) in [6, 6.07) is 9.63. The summed E-state index contributed by atoms with van der Waals surface area (Å²) in [6.45, 7) is 6.10. The normalized spacial score (nSPS) is 22.2. The Kier molecular flexibility index (Phi) is 4.74. The van der Waals surface area contributed by atoms with E-state index in [2.05, 4.69) is 0 Å². The molecule has 1 N–H and O–H groups in total. The topological polar surface area (TPSA) is 66.8 Å². The molecular formula is C17H23NO4. The van der Waals surface area contributed by atoms with E-state index in [0.717, 1.165) is 5.56 Å². The molecule has 1 saturated heterocycles. The van der Waals surface area contributed by atoms with Crippen molar-refractivity contribution in [2.45, 2.75) is 38.7 Å². The number of carboxylic acids is 1. The van der Waals surface area contributed by atoms with Gasteiger partial charge in [0.15, 0.2) is 0 Å². The van der Waals surface area contributed by atoms with Crippen LogP contribution in [0, 0.1) is 5.92 Å². The molecule has 0 bridgehead atoms. The van der Waals surface area contributed by atoms with Crippen LogP contribution in [0.25, 0.3) is 0 Å². The van der Waals surface area contributed by atoms with Crippen molar-refractivity contribution in [3.63, 3.8) is 0 Å². The second kappa shape index (κ2) is 6.38. The number of rotatable bonds is 2. The molecule has 0 saturated carbocycles. The molecule has 1 fully saturated rings. The van der Waals surface area contributed by atoms with Crippen LogP contribution in [0.3, 0.4) is 0 Å². The fraction of sp³-hybridized carbons (Fsp3) is 0.529. The minimum Gasteiger partial charge on any atom is -0.481 e. The largest absolute Gasteiger partial charge is 0.481 e. The number of carboxylic acid groups (broad SMARTS) is 1. The van der Waals surface area contributed by atoms with Crippen molar-refractivity contribution < 1.29 is 19.4 Å². The van der Waals surface area contributed by atoms with Crippen molar-refractivity contribution >= 4 is 12.1 Å². The van der Waals surface area contributed by atoms with Crippen LogP contribution in [-0.4, -0.2) is 40.8 Å². The van der Waals surface area contributed by atoms with Gasteiger partial charge < -0.3 is 14.7 Å². The molecule has 2 atom stereocenters. The zero-order valence-electron chi connectivity index (χ0n) is 13.3. The van der Waals surface area contributed by atoms with Crippen LogP contribution in [0.5, 0.6) is 0 Å². The summed E-state index contributed by atoms with van der Waals surface area (Å²) in [4.78, 5) is 25.3. The molecule has 1 aromatic carbocycles. The quantitative estimate of drug-likeness (QED) is 0.911. The maximum Gasteiger partial charge on any atom is 0.410 e. The van der Waals surface area contributed by atoms with Gasteiger partial charge in [0.1, 0.15) is 5.60 Å².